The normalized spacial score (nSPS) is 23.1. The van der Waals surface area contributed by atoms with Crippen LogP contribution >= 0.6 is 0 Å². The van der Waals surface area contributed by atoms with Gasteiger partial charge in [-0.25, -0.2) is 4.79 Å². The number of ether oxygens (including phenoxy) is 2. The van der Waals surface area contributed by atoms with Gasteiger partial charge in [-0.2, -0.15) is 5.26 Å². The number of nitrogens with zero attached hydrogens (tertiary/aromatic N) is 3. The average Bonchev–Trinajstić information content (AvgIpc) is 3.27. The predicted octanol–water partition coefficient (Wildman–Crippen LogP) is 1.67. The molecule has 2 fully saturated rings. The van der Waals surface area contributed by atoms with Crippen LogP contribution in [0.2, 0.25) is 0 Å². The molecule has 0 saturated carbocycles. The number of rotatable bonds is 5. The third-order valence-corrected chi connectivity index (χ3v) is 5.37. The number of benzene rings is 1. The molecule has 3 atom stereocenters. The van der Waals surface area contributed by atoms with Crippen LogP contribution in [0.25, 0.3) is 0 Å². The predicted molar refractivity (Wildman–Crippen MR) is 102 cm³/mol. The minimum atomic E-state index is -1.11. The summed E-state index contributed by atoms with van der Waals surface area (Å²) in [5.41, 5.74) is -0.545. The zero-order valence-corrected chi connectivity index (χ0v) is 16.2. The molecule has 2 aliphatic rings. The van der Waals surface area contributed by atoms with Crippen molar-refractivity contribution in [1.82, 2.24) is 9.80 Å². The molecule has 7 nitrogen and oxygen atoms in total. The smallest absolute Gasteiger partial charge is 0.410 e. The van der Waals surface area contributed by atoms with Crippen LogP contribution in [0, 0.1) is 35.0 Å². The molecule has 1 N–H and O–H groups in total. The van der Waals surface area contributed by atoms with Crippen LogP contribution in [0.3, 0.4) is 0 Å². The molecule has 1 amide bonds. The number of carbonyl (C=O) groups excluding carboxylic acids is 1. The highest BCUT2D eigenvalue weighted by atomic mass is 16.6. The lowest BCUT2D eigenvalue weighted by molar-refractivity contribution is -0.112. The van der Waals surface area contributed by atoms with Gasteiger partial charge in [-0.05, 0) is 49.9 Å². The summed E-state index contributed by atoms with van der Waals surface area (Å²) in [6, 6.07) is 8.88. The van der Waals surface area contributed by atoms with Crippen molar-refractivity contribution in [3.05, 3.63) is 29.8 Å². The summed E-state index contributed by atoms with van der Waals surface area (Å²) in [6.07, 6.45) is -0.320. The Kier molecular flexibility index (Phi) is 6.08. The molecule has 0 aromatic heterocycles. The Labute approximate surface area is 165 Å². The maximum absolute atomic E-state index is 12.1. The second-order valence-electron chi connectivity index (χ2n) is 7.45. The van der Waals surface area contributed by atoms with E-state index in [1.807, 2.05) is 4.90 Å². The maximum Gasteiger partial charge on any atom is 0.410 e. The van der Waals surface area contributed by atoms with E-state index in [0.29, 0.717) is 49.3 Å². The molecular weight excluding hydrogens is 358 g/mol. The fraction of sp³-hybridized carbons (Fsp3) is 0.524. The molecule has 0 radical (unpaired) electrons. The Balaban J connectivity index is 1.49. The molecule has 0 bridgehead atoms. The Morgan fingerprint density at radius 1 is 1.25 bits per heavy atom. The van der Waals surface area contributed by atoms with Crippen LogP contribution in [0.1, 0.15) is 19.4 Å². The van der Waals surface area contributed by atoms with Crippen LogP contribution < -0.4 is 4.74 Å². The van der Waals surface area contributed by atoms with Crippen molar-refractivity contribution in [3.8, 4) is 23.7 Å². The summed E-state index contributed by atoms with van der Waals surface area (Å²) in [7, 11) is 0. The van der Waals surface area contributed by atoms with Gasteiger partial charge in [0.15, 0.2) is 6.61 Å². The molecule has 7 heteroatoms. The molecule has 148 valence electrons. The summed E-state index contributed by atoms with van der Waals surface area (Å²) < 4.78 is 10.9. The highest BCUT2D eigenvalue weighted by Gasteiger charge is 2.46. The summed E-state index contributed by atoms with van der Waals surface area (Å²) in [5, 5.41) is 19.7. The third kappa shape index (κ3) is 4.56. The zero-order valence-electron chi connectivity index (χ0n) is 16.2. The summed E-state index contributed by atoms with van der Waals surface area (Å²) >= 11 is 0. The summed E-state index contributed by atoms with van der Waals surface area (Å²) in [6.45, 7) is 6.36. The SMILES string of the molecule is CC#CCOC(=O)N1CC2CN(C(C)(O)COc3ccc(C#N)cc3)CC2C1. The lowest BCUT2D eigenvalue weighted by atomic mass is 10.0. The van der Waals surface area contributed by atoms with Crippen LogP contribution in [-0.4, -0.2) is 66.1 Å². The van der Waals surface area contributed by atoms with Gasteiger partial charge in [-0.15, -0.1) is 5.92 Å². The van der Waals surface area contributed by atoms with Gasteiger partial charge in [0.1, 0.15) is 18.1 Å². The first kappa shape index (κ1) is 20.0. The Bertz CT molecular complexity index is 790. The van der Waals surface area contributed by atoms with Gasteiger partial charge in [0, 0.05) is 26.2 Å². The van der Waals surface area contributed by atoms with Crippen LogP contribution in [0.4, 0.5) is 4.79 Å². The van der Waals surface area contributed by atoms with Crippen molar-refractivity contribution in [2.45, 2.75) is 19.6 Å². The largest absolute Gasteiger partial charge is 0.489 e. The van der Waals surface area contributed by atoms with E-state index in [-0.39, 0.29) is 19.3 Å². The molecule has 1 aromatic carbocycles. The molecule has 0 aliphatic carbocycles. The molecule has 2 aliphatic heterocycles. The molecule has 0 spiro atoms. The fourth-order valence-electron chi connectivity index (χ4n) is 3.73. The first-order valence-corrected chi connectivity index (χ1v) is 9.34. The van der Waals surface area contributed by atoms with Crippen LogP contribution in [0.15, 0.2) is 24.3 Å². The molecule has 2 heterocycles. The fourth-order valence-corrected chi connectivity index (χ4v) is 3.73. The number of hydrogen-bond acceptors (Lipinski definition) is 6. The van der Waals surface area contributed by atoms with E-state index in [4.69, 9.17) is 14.7 Å². The Morgan fingerprint density at radius 2 is 1.89 bits per heavy atom. The quantitative estimate of drug-likeness (QED) is 0.779. The number of fused-ring (bicyclic) bond motifs is 1. The standard InChI is InChI=1S/C21H25N3O4/c1-3-4-9-27-20(25)23-11-17-13-24(14-18(17)12-23)21(2,26)15-28-19-7-5-16(10-22)6-8-19/h5-8,17-18,26H,9,11-15H2,1-2H3. The van der Waals surface area contributed by atoms with Crippen LogP contribution in [-0.2, 0) is 4.74 Å². The number of carbonyl (C=O) groups is 1. The van der Waals surface area contributed by atoms with Crippen molar-refractivity contribution in [2.75, 3.05) is 39.4 Å². The highest BCUT2D eigenvalue weighted by molar-refractivity contribution is 5.68. The van der Waals surface area contributed by atoms with Crippen molar-refractivity contribution in [3.63, 3.8) is 0 Å². The second kappa shape index (κ2) is 8.52. The number of hydrogen-bond donors (Lipinski definition) is 1. The minimum absolute atomic E-state index is 0.120. The number of aliphatic hydroxyl groups is 1. The van der Waals surface area contributed by atoms with E-state index in [9.17, 15) is 9.90 Å². The van der Waals surface area contributed by atoms with Gasteiger partial charge < -0.3 is 19.5 Å². The topological polar surface area (TPSA) is 86.0 Å². The maximum atomic E-state index is 12.1. The van der Waals surface area contributed by atoms with Gasteiger partial charge in [0.25, 0.3) is 0 Å². The molecule has 2 saturated heterocycles. The second-order valence-corrected chi connectivity index (χ2v) is 7.45. The average molecular weight is 383 g/mol. The van der Waals surface area contributed by atoms with Crippen LogP contribution in [0.5, 0.6) is 5.75 Å². The van der Waals surface area contributed by atoms with E-state index in [2.05, 4.69) is 17.9 Å². The lowest BCUT2D eigenvalue weighted by Crippen LogP contribution is -2.50. The summed E-state index contributed by atoms with van der Waals surface area (Å²) in [4.78, 5) is 15.8. The number of amides is 1. The van der Waals surface area contributed by atoms with Gasteiger partial charge >= 0.3 is 6.09 Å². The Hall–Kier alpha value is -2.74. The van der Waals surface area contributed by atoms with Gasteiger partial charge in [-0.3, -0.25) is 4.90 Å². The van der Waals surface area contributed by atoms with Gasteiger partial charge in [0.05, 0.1) is 11.6 Å². The van der Waals surface area contributed by atoms with Crippen molar-refractivity contribution in [2.24, 2.45) is 11.8 Å². The molecule has 28 heavy (non-hydrogen) atoms. The van der Waals surface area contributed by atoms with Crippen molar-refractivity contribution < 1.29 is 19.4 Å². The monoisotopic (exact) mass is 383 g/mol. The first-order chi connectivity index (χ1) is 13.4. The Morgan fingerprint density at radius 3 is 2.46 bits per heavy atom. The van der Waals surface area contributed by atoms with Crippen molar-refractivity contribution in [1.29, 1.82) is 5.26 Å². The van der Waals surface area contributed by atoms with Crippen molar-refractivity contribution >= 4 is 6.09 Å². The number of nitriles is 1. The van der Waals surface area contributed by atoms with E-state index in [1.165, 1.54) is 0 Å². The molecular formula is C21H25N3O4. The molecule has 3 rings (SSSR count). The number of likely N-dealkylation sites (tertiary alicyclic amines) is 2. The molecule has 1 aromatic rings. The van der Waals surface area contributed by atoms with Gasteiger partial charge in [-0.1, -0.05) is 5.92 Å². The van der Waals surface area contributed by atoms with E-state index in [0.717, 1.165) is 0 Å². The zero-order chi connectivity index (χ0) is 20.1. The highest BCUT2D eigenvalue weighted by Crippen LogP contribution is 2.34. The van der Waals surface area contributed by atoms with Gasteiger partial charge in [0.2, 0.25) is 0 Å². The first-order valence-electron chi connectivity index (χ1n) is 9.34. The summed E-state index contributed by atoms with van der Waals surface area (Å²) in [5.74, 6) is 6.66. The third-order valence-electron chi connectivity index (χ3n) is 5.37. The van der Waals surface area contributed by atoms with E-state index in [1.54, 1.807) is 43.0 Å². The van der Waals surface area contributed by atoms with E-state index < -0.39 is 5.72 Å². The molecule has 3 unspecified atom stereocenters. The van der Waals surface area contributed by atoms with E-state index >= 15 is 0 Å². The minimum Gasteiger partial charge on any atom is -0.489 e. The lowest BCUT2D eigenvalue weighted by Gasteiger charge is -2.34.